The third-order valence-electron chi connectivity index (χ3n) is 3.25. The number of rotatable bonds is 4. The van der Waals surface area contributed by atoms with Crippen LogP contribution in [0.4, 0.5) is 0 Å². The second-order valence-corrected chi connectivity index (χ2v) is 5.38. The zero-order chi connectivity index (χ0) is 12.1. The first-order valence-corrected chi connectivity index (χ1v) is 6.83. The second-order valence-electron chi connectivity index (χ2n) is 4.95. The lowest BCUT2D eigenvalue weighted by molar-refractivity contribution is 0.357. The van der Waals surface area contributed by atoms with Crippen LogP contribution in [0.25, 0.3) is 0 Å². The maximum absolute atomic E-state index is 5.99. The topological polar surface area (TPSA) is 24.1 Å². The normalized spacial score (nSPS) is 22.4. The first kappa shape index (κ1) is 12.9. The van der Waals surface area contributed by atoms with Gasteiger partial charge < -0.3 is 10.6 Å². The molecular formula is C14H21ClN2. The van der Waals surface area contributed by atoms with Gasteiger partial charge in [0, 0.05) is 23.7 Å². The average Bonchev–Trinajstić information content (AvgIpc) is 2.30. The third kappa shape index (κ3) is 4.30. The quantitative estimate of drug-likeness (QED) is 0.861. The van der Waals surface area contributed by atoms with Gasteiger partial charge in [-0.05, 0) is 50.4 Å². The fourth-order valence-electron chi connectivity index (χ4n) is 2.47. The molecule has 1 saturated heterocycles. The fraction of sp³-hybridized carbons (Fsp3) is 0.571. The molecule has 0 bridgehead atoms. The van der Waals surface area contributed by atoms with Gasteiger partial charge in [0.15, 0.2) is 0 Å². The van der Waals surface area contributed by atoms with Crippen LogP contribution in [-0.4, -0.2) is 25.2 Å². The number of halogens is 1. The Morgan fingerprint density at radius 2 is 2.41 bits per heavy atom. The lowest BCUT2D eigenvalue weighted by atomic mass is 10.0. The maximum Gasteiger partial charge on any atom is 0.0408 e. The van der Waals surface area contributed by atoms with Crippen LogP contribution in [0.3, 0.4) is 0 Å². The molecule has 0 aliphatic carbocycles. The van der Waals surface area contributed by atoms with Gasteiger partial charge in [-0.2, -0.15) is 0 Å². The number of hydrogen-bond acceptors (Lipinski definition) is 2. The minimum absolute atomic E-state index is 0.498. The Morgan fingerprint density at radius 3 is 3.12 bits per heavy atom. The number of nitrogens with one attached hydrogen (secondary N) is 2. The van der Waals surface area contributed by atoms with Crippen molar-refractivity contribution in [3.8, 4) is 0 Å². The predicted octanol–water partition coefficient (Wildman–Crippen LogP) is 2.61. The SMILES string of the molecule is CC(Cc1cccc(Cl)c1)NC1CCCNC1. The largest absolute Gasteiger partial charge is 0.315 e. The standard InChI is InChI=1S/C14H21ClN2/c1-11(17-14-6-3-7-16-10-14)8-12-4-2-5-13(15)9-12/h2,4-5,9,11,14,16-17H,3,6-8,10H2,1H3. The van der Waals surface area contributed by atoms with E-state index in [1.165, 1.54) is 24.9 Å². The second kappa shape index (κ2) is 6.39. The molecule has 2 rings (SSSR count). The van der Waals surface area contributed by atoms with Gasteiger partial charge in [-0.15, -0.1) is 0 Å². The monoisotopic (exact) mass is 252 g/mol. The summed E-state index contributed by atoms with van der Waals surface area (Å²) in [6.07, 6.45) is 3.60. The average molecular weight is 253 g/mol. The third-order valence-corrected chi connectivity index (χ3v) is 3.48. The van der Waals surface area contributed by atoms with E-state index < -0.39 is 0 Å². The molecule has 1 aromatic rings. The Bertz CT molecular complexity index is 348. The van der Waals surface area contributed by atoms with Crippen LogP contribution < -0.4 is 10.6 Å². The Labute approximate surface area is 109 Å². The Hall–Kier alpha value is -0.570. The van der Waals surface area contributed by atoms with E-state index in [0.717, 1.165) is 18.0 Å². The minimum Gasteiger partial charge on any atom is -0.315 e. The predicted molar refractivity (Wildman–Crippen MR) is 73.6 cm³/mol. The maximum atomic E-state index is 5.99. The van der Waals surface area contributed by atoms with Gasteiger partial charge in [0.1, 0.15) is 0 Å². The lowest BCUT2D eigenvalue weighted by Gasteiger charge is -2.27. The highest BCUT2D eigenvalue weighted by atomic mass is 35.5. The molecule has 2 atom stereocenters. The van der Waals surface area contributed by atoms with Crippen molar-refractivity contribution in [2.75, 3.05) is 13.1 Å². The Morgan fingerprint density at radius 1 is 1.53 bits per heavy atom. The molecule has 0 radical (unpaired) electrons. The van der Waals surface area contributed by atoms with Gasteiger partial charge in [0.05, 0.1) is 0 Å². The molecule has 17 heavy (non-hydrogen) atoms. The highest BCUT2D eigenvalue weighted by Crippen LogP contribution is 2.13. The van der Waals surface area contributed by atoms with Crippen molar-refractivity contribution in [2.45, 2.75) is 38.3 Å². The van der Waals surface area contributed by atoms with Crippen molar-refractivity contribution < 1.29 is 0 Å². The van der Waals surface area contributed by atoms with Crippen molar-refractivity contribution in [1.82, 2.24) is 10.6 Å². The van der Waals surface area contributed by atoms with E-state index in [-0.39, 0.29) is 0 Å². The van der Waals surface area contributed by atoms with E-state index in [4.69, 9.17) is 11.6 Å². The summed E-state index contributed by atoms with van der Waals surface area (Å²) in [5.74, 6) is 0. The summed E-state index contributed by atoms with van der Waals surface area (Å²) >= 11 is 5.99. The minimum atomic E-state index is 0.498. The summed E-state index contributed by atoms with van der Waals surface area (Å²) in [6.45, 7) is 4.51. The molecule has 2 nitrogen and oxygen atoms in total. The molecule has 2 N–H and O–H groups in total. The molecule has 1 heterocycles. The molecule has 0 amide bonds. The van der Waals surface area contributed by atoms with Crippen LogP contribution >= 0.6 is 11.6 Å². The summed E-state index contributed by atoms with van der Waals surface area (Å²) in [7, 11) is 0. The van der Waals surface area contributed by atoms with Crippen molar-refractivity contribution in [1.29, 1.82) is 0 Å². The first-order valence-electron chi connectivity index (χ1n) is 6.45. The molecule has 94 valence electrons. The summed E-state index contributed by atoms with van der Waals surface area (Å²) in [6, 6.07) is 9.26. The van der Waals surface area contributed by atoms with Crippen LogP contribution in [0.1, 0.15) is 25.3 Å². The number of piperidine rings is 1. The van der Waals surface area contributed by atoms with Gasteiger partial charge in [-0.1, -0.05) is 23.7 Å². The number of benzene rings is 1. The van der Waals surface area contributed by atoms with E-state index in [1.807, 2.05) is 12.1 Å². The van der Waals surface area contributed by atoms with Crippen LogP contribution in [-0.2, 0) is 6.42 Å². The molecule has 1 fully saturated rings. The number of hydrogen-bond donors (Lipinski definition) is 2. The van der Waals surface area contributed by atoms with Crippen molar-refractivity contribution in [3.05, 3.63) is 34.9 Å². The summed E-state index contributed by atoms with van der Waals surface area (Å²) < 4.78 is 0. The van der Waals surface area contributed by atoms with Gasteiger partial charge in [-0.25, -0.2) is 0 Å². The van der Waals surface area contributed by atoms with E-state index in [0.29, 0.717) is 12.1 Å². The van der Waals surface area contributed by atoms with Gasteiger partial charge in [0.2, 0.25) is 0 Å². The van der Waals surface area contributed by atoms with Crippen LogP contribution in [0.15, 0.2) is 24.3 Å². The molecule has 2 unspecified atom stereocenters. The van der Waals surface area contributed by atoms with E-state index in [2.05, 4.69) is 29.7 Å². The summed E-state index contributed by atoms with van der Waals surface area (Å²) in [5, 5.41) is 7.94. The molecule has 0 spiro atoms. The van der Waals surface area contributed by atoms with E-state index >= 15 is 0 Å². The molecule has 3 heteroatoms. The van der Waals surface area contributed by atoms with E-state index in [1.54, 1.807) is 0 Å². The van der Waals surface area contributed by atoms with Crippen LogP contribution in [0.5, 0.6) is 0 Å². The Kier molecular flexibility index (Phi) is 4.84. The Balaban J connectivity index is 1.82. The van der Waals surface area contributed by atoms with Gasteiger partial charge in [0.25, 0.3) is 0 Å². The summed E-state index contributed by atoms with van der Waals surface area (Å²) in [5.41, 5.74) is 1.31. The van der Waals surface area contributed by atoms with Crippen LogP contribution in [0, 0.1) is 0 Å². The molecule has 0 aromatic heterocycles. The van der Waals surface area contributed by atoms with E-state index in [9.17, 15) is 0 Å². The molecule has 1 aliphatic heterocycles. The first-order chi connectivity index (χ1) is 8.24. The highest BCUT2D eigenvalue weighted by Gasteiger charge is 2.15. The zero-order valence-corrected chi connectivity index (χ0v) is 11.1. The van der Waals surface area contributed by atoms with Crippen molar-refractivity contribution in [3.63, 3.8) is 0 Å². The van der Waals surface area contributed by atoms with Crippen molar-refractivity contribution >= 4 is 11.6 Å². The van der Waals surface area contributed by atoms with Crippen molar-refractivity contribution in [2.24, 2.45) is 0 Å². The van der Waals surface area contributed by atoms with Crippen LogP contribution in [0.2, 0.25) is 5.02 Å². The lowest BCUT2D eigenvalue weighted by Crippen LogP contribution is -2.47. The zero-order valence-electron chi connectivity index (χ0n) is 10.4. The highest BCUT2D eigenvalue weighted by molar-refractivity contribution is 6.30. The summed E-state index contributed by atoms with van der Waals surface area (Å²) in [4.78, 5) is 0. The smallest absolute Gasteiger partial charge is 0.0408 e. The molecule has 0 saturated carbocycles. The van der Waals surface area contributed by atoms with Gasteiger partial charge in [-0.3, -0.25) is 0 Å². The molecule has 1 aliphatic rings. The van der Waals surface area contributed by atoms with Gasteiger partial charge >= 0.3 is 0 Å². The fourth-order valence-corrected chi connectivity index (χ4v) is 2.69. The molecule has 1 aromatic carbocycles. The molecular weight excluding hydrogens is 232 g/mol.